The highest BCUT2D eigenvalue weighted by Gasteiger charge is 2.27. The second-order valence-electron chi connectivity index (χ2n) is 3.55. The zero-order valence-corrected chi connectivity index (χ0v) is 10.5. The molecule has 0 saturated heterocycles. The molecule has 1 rings (SSSR count). The molecule has 110 valence electrons. The van der Waals surface area contributed by atoms with Gasteiger partial charge in [-0.25, -0.2) is 0 Å². The van der Waals surface area contributed by atoms with Crippen molar-refractivity contribution >= 4 is 23.2 Å². The lowest BCUT2D eigenvalue weighted by molar-refractivity contribution is -0.384. The maximum absolute atomic E-state index is 11.8. The van der Waals surface area contributed by atoms with Crippen LogP contribution in [0.25, 0.3) is 0 Å². The number of hydrogen-bond acceptors (Lipinski definition) is 4. The summed E-state index contributed by atoms with van der Waals surface area (Å²) in [5.74, 6) is -1.19. The minimum Gasteiger partial charge on any atom is -0.482 e. The quantitative estimate of drug-likeness (QED) is 0.668. The average molecular weight is 313 g/mol. The zero-order chi connectivity index (χ0) is 15.3. The first kappa shape index (κ1) is 16.0. The maximum atomic E-state index is 11.8. The van der Waals surface area contributed by atoms with Crippen LogP contribution in [-0.2, 0) is 4.79 Å². The van der Waals surface area contributed by atoms with E-state index in [9.17, 15) is 28.1 Å². The molecule has 1 N–H and O–H groups in total. The monoisotopic (exact) mass is 312 g/mol. The fourth-order valence-electron chi connectivity index (χ4n) is 1.11. The van der Waals surface area contributed by atoms with E-state index in [0.717, 1.165) is 12.1 Å². The van der Waals surface area contributed by atoms with Gasteiger partial charge in [0.15, 0.2) is 6.61 Å². The van der Waals surface area contributed by atoms with E-state index in [4.69, 9.17) is 16.3 Å². The largest absolute Gasteiger partial charge is 0.482 e. The number of hydrogen-bond donors (Lipinski definition) is 1. The van der Waals surface area contributed by atoms with Crippen molar-refractivity contribution in [1.29, 1.82) is 0 Å². The summed E-state index contributed by atoms with van der Waals surface area (Å²) in [7, 11) is 0. The summed E-state index contributed by atoms with van der Waals surface area (Å²) in [6.07, 6.45) is -4.53. The standard InChI is InChI=1S/C10H8ClF3N2O4/c11-7-2-1-6(16(18)19)3-8(7)20-4-9(17)15-5-10(12,13)14/h1-3H,4-5H2,(H,15,17). The first-order valence-electron chi connectivity index (χ1n) is 5.09. The van der Waals surface area contributed by atoms with Gasteiger partial charge in [-0.15, -0.1) is 0 Å². The molecular weight excluding hydrogens is 305 g/mol. The first-order valence-corrected chi connectivity index (χ1v) is 5.47. The molecule has 0 fully saturated rings. The van der Waals surface area contributed by atoms with E-state index in [1.807, 2.05) is 0 Å². The van der Waals surface area contributed by atoms with Crippen LogP contribution >= 0.6 is 11.6 Å². The Morgan fingerprint density at radius 2 is 2.10 bits per heavy atom. The normalized spacial score (nSPS) is 11.0. The Hall–Kier alpha value is -2.03. The lowest BCUT2D eigenvalue weighted by Crippen LogP contribution is -2.36. The molecule has 10 heteroatoms. The van der Waals surface area contributed by atoms with Crippen LogP contribution in [0.5, 0.6) is 5.75 Å². The predicted molar refractivity (Wildman–Crippen MR) is 62.7 cm³/mol. The summed E-state index contributed by atoms with van der Waals surface area (Å²) in [5.41, 5.74) is -0.319. The SMILES string of the molecule is O=C(COc1cc([N+](=O)[O-])ccc1Cl)NCC(F)(F)F. The van der Waals surface area contributed by atoms with Crippen LogP contribution in [-0.4, -0.2) is 30.2 Å². The number of halogens is 4. The second kappa shape index (κ2) is 6.42. The molecule has 0 spiro atoms. The van der Waals surface area contributed by atoms with Crippen molar-refractivity contribution in [3.05, 3.63) is 33.3 Å². The van der Waals surface area contributed by atoms with Gasteiger partial charge in [0.05, 0.1) is 16.0 Å². The van der Waals surface area contributed by atoms with E-state index < -0.39 is 30.2 Å². The lowest BCUT2D eigenvalue weighted by atomic mass is 10.3. The summed E-state index contributed by atoms with van der Waals surface area (Å²) in [6.45, 7) is -2.23. The minimum absolute atomic E-state index is 0.000721. The van der Waals surface area contributed by atoms with Gasteiger partial charge in [-0.05, 0) is 6.07 Å². The summed E-state index contributed by atoms with van der Waals surface area (Å²) in [6, 6.07) is 3.28. The third kappa shape index (κ3) is 5.31. The van der Waals surface area contributed by atoms with Crippen LogP contribution in [0, 0.1) is 10.1 Å². The summed E-state index contributed by atoms with van der Waals surface area (Å²) < 4.78 is 40.3. The molecule has 0 bridgehead atoms. The van der Waals surface area contributed by atoms with E-state index >= 15 is 0 Å². The van der Waals surface area contributed by atoms with Gasteiger partial charge in [0.2, 0.25) is 0 Å². The van der Waals surface area contributed by atoms with Crippen molar-refractivity contribution in [3.8, 4) is 5.75 Å². The zero-order valence-electron chi connectivity index (χ0n) is 9.74. The van der Waals surface area contributed by atoms with Gasteiger partial charge in [-0.3, -0.25) is 14.9 Å². The number of rotatable bonds is 5. The Morgan fingerprint density at radius 3 is 2.65 bits per heavy atom. The van der Waals surface area contributed by atoms with Gasteiger partial charge >= 0.3 is 6.18 Å². The van der Waals surface area contributed by atoms with E-state index in [0.29, 0.717) is 0 Å². The van der Waals surface area contributed by atoms with Crippen molar-refractivity contribution in [2.75, 3.05) is 13.2 Å². The smallest absolute Gasteiger partial charge is 0.405 e. The molecule has 0 radical (unpaired) electrons. The van der Waals surface area contributed by atoms with E-state index in [1.54, 1.807) is 5.32 Å². The minimum atomic E-state index is -4.53. The Kier molecular flexibility index (Phi) is 5.14. The number of carbonyl (C=O) groups is 1. The van der Waals surface area contributed by atoms with Crippen LogP contribution in [0.1, 0.15) is 0 Å². The van der Waals surface area contributed by atoms with Crippen LogP contribution in [0.3, 0.4) is 0 Å². The Bertz CT molecular complexity index is 522. The molecule has 0 aliphatic rings. The molecular formula is C10H8ClF3N2O4. The number of alkyl halides is 3. The molecule has 1 aromatic rings. The van der Waals surface area contributed by atoms with E-state index in [1.165, 1.54) is 6.07 Å². The maximum Gasteiger partial charge on any atom is 0.405 e. The van der Waals surface area contributed by atoms with Crippen molar-refractivity contribution < 1.29 is 27.6 Å². The summed E-state index contributed by atoms with van der Waals surface area (Å²) >= 11 is 5.67. The molecule has 20 heavy (non-hydrogen) atoms. The fraction of sp³-hybridized carbons (Fsp3) is 0.300. The van der Waals surface area contributed by atoms with Gasteiger partial charge in [-0.1, -0.05) is 11.6 Å². The van der Waals surface area contributed by atoms with Gasteiger partial charge < -0.3 is 10.1 Å². The van der Waals surface area contributed by atoms with Crippen LogP contribution in [0.15, 0.2) is 18.2 Å². The number of nitrogens with one attached hydrogen (secondary N) is 1. The van der Waals surface area contributed by atoms with E-state index in [2.05, 4.69) is 0 Å². The topological polar surface area (TPSA) is 81.5 Å². The lowest BCUT2D eigenvalue weighted by Gasteiger charge is -2.10. The second-order valence-corrected chi connectivity index (χ2v) is 3.96. The number of non-ortho nitro benzene ring substituents is 1. The number of benzene rings is 1. The molecule has 0 aliphatic heterocycles. The molecule has 0 aliphatic carbocycles. The van der Waals surface area contributed by atoms with Gasteiger partial charge in [0, 0.05) is 6.07 Å². The Balaban J connectivity index is 2.59. The van der Waals surface area contributed by atoms with Gasteiger partial charge in [0.1, 0.15) is 12.3 Å². The summed E-state index contributed by atoms with van der Waals surface area (Å²) in [5, 5.41) is 12.1. The van der Waals surface area contributed by atoms with Gasteiger partial charge in [-0.2, -0.15) is 13.2 Å². The highest BCUT2D eigenvalue weighted by atomic mass is 35.5. The number of ether oxygens (including phenoxy) is 1. The Morgan fingerprint density at radius 1 is 1.45 bits per heavy atom. The number of carbonyl (C=O) groups excluding carboxylic acids is 1. The highest BCUT2D eigenvalue weighted by Crippen LogP contribution is 2.28. The third-order valence-corrected chi connectivity index (χ3v) is 2.28. The van der Waals surface area contributed by atoms with Crippen molar-refractivity contribution in [1.82, 2.24) is 5.32 Å². The average Bonchev–Trinajstić information content (AvgIpc) is 2.34. The highest BCUT2D eigenvalue weighted by molar-refractivity contribution is 6.32. The van der Waals surface area contributed by atoms with Gasteiger partial charge in [0.25, 0.3) is 11.6 Å². The number of nitrogens with zero attached hydrogens (tertiary/aromatic N) is 1. The molecule has 0 unspecified atom stereocenters. The predicted octanol–water partition coefficient (Wildman–Crippen LogP) is 2.31. The van der Waals surface area contributed by atoms with Crippen molar-refractivity contribution in [3.63, 3.8) is 0 Å². The molecule has 1 amide bonds. The number of nitro benzene ring substituents is 1. The molecule has 0 atom stereocenters. The third-order valence-electron chi connectivity index (χ3n) is 1.97. The molecule has 0 saturated carbocycles. The Labute approximate surface area is 115 Å². The van der Waals surface area contributed by atoms with E-state index in [-0.39, 0.29) is 16.5 Å². The number of amides is 1. The molecule has 0 aromatic heterocycles. The van der Waals surface area contributed by atoms with Crippen LogP contribution < -0.4 is 10.1 Å². The summed E-state index contributed by atoms with van der Waals surface area (Å²) in [4.78, 5) is 20.9. The van der Waals surface area contributed by atoms with Crippen LogP contribution in [0.4, 0.5) is 18.9 Å². The first-order chi connectivity index (χ1) is 9.19. The fourth-order valence-corrected chi connectivity index (χ4v) is 1.28. The molecule has 1 aromatic carbocycles. The van der Waals surface area contributed by atoms with Crippen molar-refractivity contribution in [2.45, 2.75) is 6.18 Å². The number of nitro groups is 1. The molecule has 6 nitrogen and oxygen atoms in total. The molecule has 0 heterocycles. The van der Waals surface area contributed by atoms with Crippen LogP contribution in [0.2, 0.25) is 5.02 Å². The van der Waals surface area contributed by atoms with Crippen molar-refractivity contribution in [2.24, 2.45) is 0 Å².